The highest BCUT2D eigenvalue weighted by molar-refractivity contribution is 7.01. The number of hydrogen-bond donors (Lipinski definition) is 0. The summed E-state index contributed by atoms with van der Waals surface area (Å²) in [7, 11) is 0. The average Bonchev–Trinajstić information content (AvgIpc) is 4.02. The Bertz CT molecular complexity index is 3630. The number of hydrogen-bond acceptors (Lipinski definition) is 2. The summed E-state index contributed by atoms with van der Waals surface area (Å²) in [6, 6.07) is 59.7. The van der Waals surface area contributed by atoms with Crippen molar-refractivity contribution < 1.29 is 0 Å². The molecule has 8 aromatic rings. The molecule has 2 nitrogen and oxygen atoms in total. The molecular formula is C65H57BN2. The Balaban J connectivity index is 1.11. The van der Waals surface area contributed by atoms with Gasteiger partial charge < -0.3 is 9.80 Å². The van der Waals surface area contributed by atoms with Crippen LogP contribution in [-0.2, 0) is 21.7 Å². The molecule has 0 bridgehead atoms. The predicted octanol–water partition coefficient (Wildman–Crippen LogP) is 14.6. The van der Waals surface area contributed by atoms with Gasteiger partial charge in [-0.3, -0.25) is 0 Å². The summed E-state index contributed by atoms with van der Waals surface area (Å²) >= 11 is 0. The third-order valence-corrected chi connectivity index (χ3v) is 19.3. The Morgan fingerprint density at radius 1 is 0.412 bits per heavy atom. The molecule has 8 aromatic carbocycles. The Morgan fingerprint density at radius 3 is 1.60 bits per heavy atom. The lowest BCUT2D eigenvalue weighted by Gasteiger charge is -2.50. The first-order valence-electron chi connectivity index (χ1n) is 25.4. The van der Waals surface area contributed by atoms with Crippen LogP contribution in [0.5, 0.6) is 0 Å². The van der Waals surface area contributed by atoms with E-state index in [0.717, 1.165) is 6.42 Å². The summed E-state index contributed by atoms with van der Waals surface area (Å²) in [4.78, 5) is 5.66. The molecule has 4 aliphatic carbocycles. The maximum Gasteiger partial charge on any atom is 0.248 e. The number of anilines is 5. The molecular weight excluding hydrogens is 820 g/mol. The second kappa shape index (κ2) is 12.5. The highest BCUT2D eigenvalue weighted by Gasteiger charge is 2.59. The first-order valence-corrected chi connectivity index (χ1v) is 25.4. The lowest BCUT2D eigenvalue weighted by atomic mass is 9.36. The maximum absolute atomic E-state index is 2.84. The summed E-state index contributed by atoms with van der Waals surface area (Å²) in [6.07, 6.45) is 4.87. The summed E-state index contributed by atoms with van der Waals surface area (Å²) in [5.74, 6) is 0. The van der Waals surface area contributed by atoms with Crippen LogP contribution >= 0.6 is 0 Å². The third-order valence-electron chi connectivity index (χ3n) is 19.3. The molecule has 0 saturated heterocycles. The SMILES string of the molecule is CC1(C)c2ccccc2-c2cccc(N3c4cc(N5c6ccccc6C6(C)CCCCC56C)cc5c4B(c4ccc6c(c4-5)C(C)(C)c4ccccc4-6)c4ccc5c(c43)C(C)(C)c3ccccc3-5)c21. The van der Waals surface area contributed by atoms with Gasteiger partial charge >= 0.3 is 0 Å². The minimum Gasteiger partial charge on any atom is -0.334 e. The zero-order valence-corrected chi connectivity index (χ0v) is 40.7. The van der Waals surface area contributed by atoms with Gasteiger partial charge in [0, 0.05) is 44.4 Å². The van der Waals surface area contributed by atoms with Crippen molar-refractivity contribution in [1.82, 2.24) is 0 Å². The first kappa shape index (κ1) is 39.4. The Labute approximate surface area is 402 Å². The summed E-state index contributed by atoms with van der Waals surface area (Å²) in [5.41, 5.74) is 31.5. The molecule has 1 fully saturated rings. The van der Waals surface area contributed by atoms with Crippen LogP contribution in [0.3, 0.4) is 0 Å². The molecule has 2 unspecified atom stereocenters. The van der Waals surface area contributed by atoms with Gasteiger partial charge in [0.2, 0.25) is 6.71 Å². The van der Waals surface area contributed by atoms with E-state index in [1.807, 2.05) is 0 Å². The second-order valence-corrected chi connectivity index (χ2v) is 23.4. The second-order valence-electron chi connectivity index (χ2n) is 23.4. The number of nitrogens with zero attached hydrogens (tertiary/aromatic N) is 2. The van der Waals surface area contributed by atoms with Crippen LogP contribution in [0, 0.1) is 0 Å². The van der Waals surface area contributed by atoms with Crippen molar-refractivity contribution in [2.45, 2.75) is 108 Å². The van der Waals surface area contributed by atoms with Crippen LogP contribution in [-0.4, -0.2) is 12.3 Å². The normalized spacial score (nSPS) is 22.3. The van der Waals surface area contributed by atoms with Gasteiger partial charge in [0.25, 0.3) is 0 Å². The van der Waals surface area contributed by atoms with Gasteiger partial charge in [0.05, 0.1) is 11.2 Å². The number of fused-ring (bicyclic) bond motifs is 19. The first-order chi connectivity index (χ1) is 32.8. The van der Waals surface area contributed by atoms with E-state index in [2.05, 4.69) is 217 Å². The summed E-state index contributed by atoms with van der Waals surface area (Å²) < 4.78 is 0. The fourth-order valence-corrected chi connectivity index (χ4v) is 16.2. The van der Waals surface area contributed by atoms with Crippen molar-refractivity contribution in [1.29, 1.82) is 0 Å². The molecule has 3 heteroatoms. The van der Waals surface area contributed by atoms with Crippen molar-refractivity contribution in [3.8, 4) is 44.5 Å². The van der Waals surface area contributed by atoms with Crippen molar-refractivity contribution in [2.24, 2.45) is 0 Å². The van der Waals surface area contributed by atoms with E-state index in [-0.39, 0.29) is 33.9 Å². The molecule has 0 spiro atoms. The Hall–Kier alpha value is -6.58. The number of rotatable bonds is 2. The molecule has 68 heavy (non-hydrogen) atoms. The zero-order valence-electron chi connectivity index (χ0n) is 40.7. The van der Waals surface area contributed by atoms with E-state index in [1.54, 1.807) is 0 Å². The summed E-state index contributed by atoms with van der Waals surface area (Å²) in [6.45, 7) is 20.1. The monoisotopic (exact) mass is 876 g/mol. The topological polar surface area (TPSA) is 6.48 Å². The molecule has 0 radical (unpaired) electrons. The molecule has 330 valence electrons. The molecule has 0 aromatic heterocycles. The van der Waals surface area contributed by atoms with Gasteiger partial charge in [-0.25, -0.2) is 0 Å². The van der Waals surface area contributed by atoms with Crippen LogP contribution < -0.4 is 26.2 Å². The maximum atomic E-state index is 2.84. The van der Waals surface area contributed by atoms with E-state index >= 15 is 0 Å². The molecule has 2 atom stereocenters. The minimum atomic E-state index is -0.238. The van der Waals surface area contributed by atoms with E-state index < -0.39 is 0 Å². The molecule has 3 aliphatic heterocycles. The van der Waals surface area contributed by atoms with Gasteiger partial charge in [-0.05, 0) is 138 Å². The minimum absolute atomic E-state index is 0.0301. The molecule has 7 aliphatic rings. The highest BCUT2D eigenvalue weighted by atomic mass is 15.3. The predicted molar refractivity (Wildman–Crippen MR) is 287 cm³/mol. The Kier molecular flexibility index (Phi) is 7.27. The quantitative estimate of drug-likeness (QED) is 0.160. The van der Waals surface area contributed by atoms with E-state index in [4.69, 9.17) is 0 Å². The molecule has 3 heterocycles. The molecule has 0 amide bonds. The summed E-state index contributed by atoms with van der Waals surface area (Å²) in [5, 5.41) is 0. The van der Waals surface area contributed by atoms with Gasteiger partial charge in [-0.15, -0.1) is 0 Å². The standard InChI is InChI=1S/C65H57BN2/c1-61(2)46-24-12-9-20-39(46)42-23-19-29-53(56(42)61)67-54-37-38(68-52-28-16-15-27-49(52)64(7)34-17-18-35-65(64,68)8)36-45-55-50(32-30-43-40-21-10-13-25-47(40)62(3,4)57(43)55)66(59(45)54)51-33-31-44-41-22-11-14-26-48(41)63(5,6)58(44)60(51)67/h9-16,19-33,36-37H,17-18,34-35H2,1-8H3. The third kappa shape index (κ3) is 4.37. The Morgan fingerprint density at radius 2 is 0.926 bits per heavy atom. The van der Waals surface area contributed by atoms with Crippen molar-refractivity contribution in [3.63, 3.8) is 0 Å². The lowest BCUT2D eigenvalue weighted by molar-refractivity contribution is 0.195. The van der Waals surface area contributed by atoms with Gasteiger partial charge in [0.15, 0.2) is 0 Å². The highest BCUT2D eigenvalue weighted by Crippen LogP contribution is 2.64. The van der Waals surface area contributed by atoms with Crippen LogP contribution in [0.4, 0.5) is 28.4 Å². The lowest BCUT2D eigenvalue weighted by Crippen LogP contribution is -2.56. The van der Waals surface area contributed by atoms with E-state index in [1.165, 1.54) is 148 Å². The van der Waals surface area contributed by atoms with Crippen LogP contribution in [0.25, 0.3) is 44.5 Å². The molecule has 0 N–H and O–H groups in total. The zero-order chi connectivity index (χ0) is 46.0. The van der Waals surface area contributed by atoms with Crippen LogP contribution in [0.15, 0.2) is 152 Å². The van der Waals surface area contributed by atoms with E-state index in [9.17, 15) is 0 Å². The van der Waals surface area contributed by atoms with Crippen LogP contribution in [0.2, 0.25) is 0 Å². The van der Waals surface area contributed by atoms with Crippen molar-refractivity contribution in [2.75, 3.05) is 9.80 Å². The van der Waals surface area contributed by atoms with Gasteiger partial charge in [-0.1, -0.05) is 194 Å². The van der Waals surface area contributed by atoms with Gasteiger partial charge in [0.1, 0.15) is 0 Å². The smallest absolute Gasteiger partial charge is 0.248 e. The fraction of sp³-hybridized carbons (Fsp3) is 0.262. The largest absolute Gasteiger partial charge is 0.334 e. The van der Waals surface area contributed by atoms with Gasteiger partial charge in [-0.2, -0.15) is 0 Å². The van der Waals surface area contributed by atoms with Crippen LogP contribution in [0.1, 0.15) is 120 Å². The number of benzene rings is 8. The van der Waals surface area contributed by atoms with E-state index in [0.29, 0.717) is 0 Å². The average molecular weight is 877 g/mol. The van der Waals surface area contributed by atoms with Crippen molar-refractivity contribution in [3.05, 3.63) is 191 Å². The molecule has 1 saturated carbocycles. The van der Waals surface area contributed by atoms with Crippen molar-refractivity contribution >= 4 is 51.5 Å². The number of para-hydroxylation sites is 1. The molecule has 15 rings (SSSR count). The fourth-order valence-electron chi connectivity index (χ4n) is 16.2.